The van der Waals surface area contributed by atoms with Gasteiger partial charge in [-0.2, -0.15) is 65.9 Å². The summed E-state index contributed by atoms with van der Waals surface area (Å²) in [6.07, 6.45) is -30.3. The van der Waals surface area contributed by atoms with Gasteiger partial charge in [-0.25, -0.2) is 31.9 Å². The predicted molar refractivity (Wildman–Crippen MR) is 488 cm³/mol. The van der Waals surface area contributed by atoms with Crippen LogP contribution >= 0.6 is 0 Å². The Kier molecular flexibility index (Phi) is 33.1. The standard InChI is InChI=1S/C25H22F6N4O2.2C25H24F4N4O2.C24H22F4N4O2/c1-15-10-18(13-32-15)22(36)33-21-12-20(35(34-21)19-8-3-2-4-9-19)17-7-5-6-16(11-17)14-37-23(24(26,27)28)25(29,30)31;1-15-10-19(13-30-15)24(34)31-23-12-22(33(32-23)21-8-6-20(26)7-9-21)18-5-3-4-17(11-18)14-35-16(2)25(27,28)29;1-15-8-19(13-30-15)24(34)31-23-12-22(33(32-23)21-6-4-3-5-7-21)18-9-17(10-20(26)11-18)14-35-16(2)25(27,28)29;1-15-9-18(12-29-15)23(33)30-22-11-21(32(31-22)20-7-5-19(25)6-8-20)17-4-2-3-16(10-17)13-34-14-24(26,27)28/h2-9,11-12,18,23,32H,1,10,13-14H2,(H,33,34,36);3-9,11-12,16,19,30H,1,10,13-14H2,2H3,(H,31,32,34);3-7,9-12,16,19,30H,1,8,13-14H2,2H3,(H,31,32,34);2-8,10-11,18,29H,1,9,12-14H2,(H,30,31,33)/t18-;2*16-,19+;18-/m0110/s1. The van der Waals surface area contributed by atoms with Crippen molar-refractivity contribution in [2.24, 2.45) is 23.7 Å². The van der Waals surface area contributed by atoms with Gasteiger partial charge in [0.05, 0.1) is 95.6 Å². The molecule has 6 atom stereocenters. The van der Waals surface area contributed by atoms with E-state index in [0.717, 1.165) is 42.7 Å². The third kappa shape index (κ3) is 28.7. The van der Waals surface area contributed by atoms with Crippen LogP contribution < -0.4 is 42.5 Å². The Morgan fingerprint density at radius 1 is 0.340 bits per heavy atom. The minimum absolute atomic E-state index is 0.0953. The molecule has 141 heavy (non-hydrogen) atoms. The number of carbonyl (C=O) groups excluding carboxylic acids is 4. The molecule has 4 saturated heterocycles. The van der Waals surface area contributed by atoms with Gasteiger partial charge in [-0.05, 0) is 171 Å². The number of carbonyl (C=O) groups is 4. The zero-order valence-corrected chi connectivity index (χ0v) is 75.1. The molecule has 4 aliphatic rings. The number of aromatic nitrogens is 8. The summed E-state index contributed by atoms with van der Waals surface area (Å²) in [7, 11) is 0. The fourth-order valence-electron chi connectivity index (χ4n) is 15.0. The van der Waals surface area contributed by atoms with Gasteiger partial charge in [-0.1, -0.05) is 117 Å². The molecular formula is C99H92F18N16O8. The highest BCUT2D eigenvalue weighted by Crippen LogP contribution is 2.40. The molecular weight excluding hydrogens is 1880 g/mol. The predicted octanol–water partition coefficient (Wildman–Crippen LogP) is 20.8. The summed E-state index contributed by atoms with van der Waals surface area (Å²) in [6.45, 7) is 15.9. The van der Waals surface area contributed by atoms with Crippen molar-refractivity contribution in [2.45, 2.75) is 115 Å². The Bertz CT molecular complexity index is 6420. The SMILES string of the molecule is C=C1C[C@H](C(=O)Nc2cc(-c3cc(F)cc(CO[C@H](C)C(F)(F)F)c3)n(-c3ccccc3)n2)CN1.C=C1C[C@H](C(=O)Nc2cc(-c3cccc(COC(C(F)(F)F)C(F)(F)F)c3)n(-c3ccccc3)n2)CN1.C=C1C[C@H](C(=O)Nc2cc(-c3cccc(COCC(F)(F)F)c3)n(-c3ccc(F)cc3)n2)CN1.C=C1C[C@H](C(=O)Nc2cc(-c3cccc(CO[C@H](C)C(F)(F)F)c3)n(-c3ccc(F)cc3)n2)CN1. The van der Waals surface area contributed by atoms with Crippen LogP contribution in [0.25, 0.3) is 67.8 Å². The molecule has 742 valence electrons. The van der Waals surface area contributed by atoms with Gasteiger partial charge in [0, 0.05) is 95.5 Å². The van der Waals surface area contributed by atoms with Crippen molar-refractivity contribution in [1.29, 1.82) is 0 Å². The maximum Gasteiger partial charge on any atom is 0.423 e. The second kappa shape index (κ2) is 45.0. The van der Waals surface area contributed by atoms with Crippen LogP contribution in [0.3, 0.4) is 0 Å². The number of ether oxygens (including phenoxy) is 4. The van der Waals surface area contributed by atoms with Gasteiger partial charge in [0.15, 0.2) is 35.5 Å². The van der Waals surface area contributed by atoms with E-state index in [2.05, 4.69) is 94.0 Å². The van der Waals surface area contributed by atoms with Crippen molar-refractivity contribution < 1.29 is 117 Å². The lowest BCUT2D eigenvalue weighted by Crippen LogP contribution is -2.44. The summed E-state index contributed by atoms with van der Waals surface area (Å²) in [5, 5.41) is 41.3. The minimum Gasteiger partial charge on any atom is -0.388 e. The molecule has 0 aliphatic carbocycles. The first-order valence-corrected chi connectivity index (χ1v) is 43.6. The fraction of sp³-hybridized carbons (Fsp3) is 0.273. The van der Waals surface area contributed by atoms with Crippen molar-refractivity contribution in [3.8, 4) is 67.8 Å². The van der Waals surface area contributed by atoms with E-state index in [0.29, 0.717) is 142 Å². The molecule has 0 unspecified atom stereocenters. The third-order valence-electron chi connectivity index (χ3n) is 22.2. The lowest BCUT2D eigenvalue weighted by atomic mass is 10.1. The molecule has 8 heterocycles. The van der Waals surface area contributed by atoms with Gasteiger partial charge in [0.1, 0.15) is 24.1 Å². The number of halogens is 18. The molecule has 0 saturated carbocycles. The summed E-state index contributed by atoms with van der Waals surface area (Å²) in [6, 6.07) is 59.1. The van der Waals surface area contributed by atoms with Crippen LogP contribution in [0.5, 0.6) is 0 Å². The molecule has 24 nitrogen and oxygen atoms in total. The molecule has 42 heteroatoms. The van der Waals surface area contributed by atoms with Crippen LogP contribution in [-0.2, 0) is 64.6 Å². The maximum atomic E-state index is 14.5. The first kappa shape index (κ1) is 104. The second-order valence-corrected chi connectivity index (χ2v) is 33.3. The normalized spacial score (nSPS) is 16.4. The Balaban J connectivity index is 0.000000158. The molecule has 8 N–H and O–H groups in total. The molecule has 4 amide bonds. The van der Waals surface area contributed by atoms with E-state index < -0.39 is 86.5 Å². The summed E-state index contributed by atoms with van der Waals surface area (Å²) in [5.74, 6) is -2.47. The molecule has 4 fully saturated rings. The van der Waals surface area contributed by atoms with Gasteiger partial charge < -0.3 is 61.5 Å². The Morgan fingerprint density at radius 3 is 0.929 bits per heavy atom. The van der Waals surface area contributed by atoms with Crippen molar-refractivity contribution in [3.63, 3.8) is 0 Å². The molecule has 12 aromatic rings. The van der Waals surface area contributed by atoms with Gasteiger partial charge in [0.25, 0.3) is 0 Å². The van der Waals surface area contributed by atoms with E-state index in [9.17, 15) is 98.2 Å². The molecule has 0 spiro atoms. The van der Waals surface area contributed by atoms with Crippen LogP contribution in [0.15, 0.2) is 274 Å². The largest absolute Gasteiger partial charge is 0.423 e. The molecule has 8 aromatic carbocycles. The Labute approximate surface area is 794 Å². The number of rotatable bonds is 28. The number of amides is 4. The quantitative estimate of drug-likeness (QED) is 0.0212. The van der Waals surface area contributed by atoms with E-state index in [4.69, 9.17) is 14.2 Å². The number of benzene rings is 8. The van der Waals surface area contributed by atoms with Crippen LogP contribution in [-0.4, -0.2) is 145 Å². The molecule has 16 rings (SSSR count). The number of nitrogens with zero attached hydrogens (tertiary/aromatic N) is 8. The number of para-hydroxylation sites is 2. The smallest absolute Gasteiger partial charge is 0.388 e. The van der Waals surface area contributed by atoms with E-state index in [-0.39, 0.29) is 83.3 Å². The van der Waals surface area contributed by atoms with Crippen molar-refractivity contribution in [1.82, 2.24) is 60.4 Å². The van der Waals surface area contributed by atoms with Gasteiger partial charge in [-0.15, -0.1) is 20.4 Å². The van der Waals surface area contributed by atoms with E-state index >= 15 is 0 Å². The van der Waals surface area contributed by atoms with E-state index in [1.54, 1.807) is 173 Å². The van der Waals surface area contributed by atoms with Crippen LogP contribution in [0.1, 0.15) is 61.8 Å². The zero-order chi connectivity index (χ0) is 101. The number of anilines is 4. The van der Waals surface area contributed by atoms with Gasteiger partial charge in [-0.3, -0.25) is 19.2 Å². The zero-order valence-electron chi connectivity index (χ0n) is 75.1. The van der Waals surface area contributed by atoms with Crippen molar-refractivity contribution in [3.05, 3.63) is 313 Å². The highest BCUT2D eigenvalue weighted by molar-refractivity contribution is 5.95. The minimum atomic E-state index is -5.60. The summed E-state index contributed by atoms with van der Waals surface area (Å²) < 4.78 is 258. The number of nitrogens with one attached hydrogen (secondary N) is 8. The topological polar surface area (TPSA) is 273 Å². The van der Waals surface area contributed by atoms with Crippen LogP contribution in [0.2, 0.25) is 0 Å². The Hall–Kier alpha value is -14.8. The number of hydrogen-bond donors (Lipinski definition) is 8. The monoisotopic (exact) mass is 1970 g/mol. The fourth-order valence-corrected chi connectivity index (χ4v) is 15.0. The summed E-state index contributed by atoms with van der Waals surface area (Å²) in [4.78, 5) is 50.7. The number of allylic oxidation sites excluding steroid dienone is 4. The highest BCUT2D eigenvalue weighted by atomic mass is 19.4. The molecule has 4 aromatic heterocycles. The molecule has 0 radical (unpaired) electrons. The van der Waals surface area contributed by atoms with Gasteiger partial charge >= 0.3 is 30.9 Å². The maximum absolute atomic E-state index is 14.5. The van der Waals surface area contributed by atoms with Crippen LogP contribution in [0, 0.1) is 41.1 Å². The van der Waals surface area contributed by atoms with Crippen molar-refractivity contribution >= 4 is 46.9 Å². The number of hydrogen-bond acceptors (Lipinski definition) is 16. The average Bonchev–Trinajstić information content (AvgIpc) is 1.66. The molecule has 0 bridgehead atoms. The van der Waals surface area contributed by atoms with Crippen molar-refractivity contribution in [2.75, 3.05) is 54.1 Å². The lowest BCUT2D eigenvalue weighted by molar-refractivity contribution is -0.324. The summed E-state index contributed by atoms with van der Waals surface area (Å²) in [5.41, 5.74) is 11.0. The van der Waals surface area contributed by atoms with E-state index in [1.165, 1.54) is 57.9 Å². The summed E-state index contributed by atoms with van der Waals surface area (Å²) >= 11 is 0. The Morgan fingerprint density at radius 2 is 0.631 bits per heavy atom. The second-order valence-electron chi connectivity index (χ2n) is 33.3. The number of alkyl halides is 15. The first-order chi connectivity index (χ1) is 66.8. The molecule has 4 aliphatic heterocycles. The van der Waals surface area contributed by atoms with E-state index in [1.807, 2.05) is 6.07 Å². The van der Waals surface area contributed by atoms with Gasteiger partial charge in [0.2, 0.25) is 29.7 Å². The third-order valence-corrected chi connectivity index (χ3v) is 22.2. The average molecular weight is 1980 g/mol. The first-order valence-electron chi connectivity index (χ1n) is 43.6. The lowest BCUT2D eigenvalue weighted by Gasteiger charge is -2.23. The highest BCUT2D eigenvalue weighted by Gasteiger charge is 2.58. The van der Waals surface area contributed by atoms with Crippen LogP contribution in [0.4, 0.5) is 102 Å².